The maximum atomic E-state index is 4.84. The van der Waals surface area contributed by atoms with Crippen LogP contribution in [0.3, 0.4) is 0 Å². The quantitative estimate of drug-likeness (QED) is 0.711. The number of aryl methyl sites for hydroxylation is 1. The molecule has 5 nitrogen and oxygen atoms in total. The number of nitrogens with one attached hydrogen (secondary N) is 2. The van der Waals surface area contributed by atoms with E-state index in [0.29, 0.717) is 4.77 Å². The first kappa shape index (κ1) is 8.18. The second kappa shape index (κ2) is 3.14. The minimum Gasteiger partial charge on any atom is -0.282 e. The molecule has 0 aliphatic heterocycles. The summed E-state index contributed by atoms with van der Waals surface area (Å²) in [5, 5.41) is 9.73. The fraction of sp³-hybridized carbons (Fsp3) is 0.286. The molecule has 0 aromatic carbocycles. The van der Waals surface area contributed by atoms with Gasteiger partial charge in [0.2, 0.25) is 4.77 Å². The highest BCUT2D eigenvalue weighted by atomic mass is 32.1. The Labute approximate surface area is 79.8 Å². The van der Waals surface area contributed by atoms with Crippen LogP contribution in [0.15, 0.2) is 12.4 Å². The molecule has 2 aromatic heterocycles. The molecule has 0 saturated carbocycles. The topological polar surface area (TPSA) is 62.3 Å². The lowest BCUT2D eigenvalue weighted by Crippen LogP contribution is -1.92. The van der Waals surface area contributed by atoms with Gasteiger partial charge in [-0.25, -0.2) is 0 Å². The lowest BCUT2D eigenvalue weighted by molar-refractivity contribution is 0.660. The molecule has 68 valence electrons. The molecule has 0 spiro atoms. The number of rotatable bonds is 2. The van der Waals surface area contributed by atoms with Crippen molar-refractivity contribution in [2.75, 3.05) is 0 Å². The summed E-state index contributed by atoms with van der Waals surface area (Å²) in [4.78, 5) is 4.08. The van der Waals surface area contributed by atoms with Crippen molar-refractivity contribution in [2.45, 2.75) is 13.5 Å². The molecule has 0 unspecified atom stereocenters. The Morgan fingerprint density at radius 3 is 2.92 bits per heavy atom. The highest BCUT2D eigenvalue weighted by molar-refractivity contribution is 7.71. The minimum atomic E-state index is 0.458. The summed E-state index contributed by atoms with van der Waals surface area (Å²) in [5.74, 6) is 0.727. The van der Waals surface area contributed by atoms with E-state index >= 15 is 0 Å². The molecule has 0 aliphatic carbocycles. The summed E-state index contributed by atoms with van der Waals surface area (Å²) in [7, 11) is 0. The van der Waals surface area contributed by atoms with Gasteiger partial charge in [-0.15, -0.1) is 0 Å². The van der Waals surface area contributed by atoms with E-state index in [1.165, 1.54) is 0 Å². The first-order valence-electron chi connectivity index (χ1n) is 3.97. The molecule has 2 aromatic rings. The summed E-state index contributed by atoms with van der Waals surface area (Å²) in [6.07, 6.45) is 3.67. The van der Waals surface area contributed by atoms with Crippen molar-refractivity contribution in [1.29, 1.82) is 0 Å². The number of nitrogens with zero attached hydrogens (tertiary/aromatic N) is 3. The lowest BCUT2D eigenvalue weighted by Gasteiger charge is -1.90. The van der Waals surface area contributed by atoms with E-state index in [0.717, 1.165) is 17.9 Å². The fourth-order valence-corrected chi connectivity index (χ4v) is 1.21. The van der Waals surface area contributed by atoms with Gasteiger partial charge in [-0.05, 0) is 19.1 Å². The van der Waals surface area contributed by atoms with Crippen LogP contribution in [0.25, 0.3) is 11.4 Å². The highest BCUT2D eigenvalue weighted by Gasteiger charge is 2.02. The van der Waals surface area contributed by atoms with E-state index in [9.17, 15) is 0 Å². The average Bonchev–Trinajstić information content (AvgIpc) is 2.71. The summed E-state index contributed by atoms with van der Waals surface area (Å²) >= 11 is 4.84. The van der Waals surface area contributed by atoms with Gasteiger partial charge in [0.1, 0.15) is 0 Å². The van der Waals surface area contributed by atoms with Crippen LogP contribution in [0.5, 0.6) is 0 Å². The van der Waals surface area contributed by atoms with Crippen molar-refractivity contribution < 1.29 is 0 Å². The van der Waals surface area contributed by atoms with Crippen LogP contribution in [0.2, 0.25) is 0 Å². The third-order valence-corrected chi connectivity index (χ3v) is 1.93. The van der Waals surface area contributed by atoms with E-state index in [-0.39, 0.29) is 0 Å². The Hall–Kier alpha value is -1.43. The average molecular weight is 195 g/mol. The smallest absolute Gasteiger partial charge is 0.213 e. The van der Waals surface area contributed by atoms with Crippen LogP contribution >= 0.6 is 12.2 Å². The molecule has 0 bridgehead atoms. The lowest BCUT2D eigenvalue weighted by atomic mass is 10.3. The van der Waals surface area contributed by atoms with Crippen LogP contribution in [-0.4, -0.2) is 25.0 Å². The Kier molecular flexibility index (Phi) is 1.97. The van der Waals surface area contributed by atoms with Gasteiger partial charge in [0.25, 0.3) is 0 Å². The molecule has 6 heteroatoms. The number of aromatic amines is 2. The molecule has 0 aliphatic rings. The maximum absolute atomic E-state index is 4.84. The van der Waals surface area contributed by atoms with Gasteiger partial charge in [0.05, 0.1) is 11.8 Å². The molecule has 0 amide bonds. The van der Waals surface area contributed by atoms with Gasteiger partial charge in [-0.1, -0.05) is 0 Å². The van der Waals surface area contributed by atoms with Gasteiger partial charge >= 0.3 is 0 Å². The van der Waals surface area contributed by atoms with Crippen molar-refractivity contribution in [3.63, 3.8) is 0 Å². The van der Waals surface area contributed by atoms with E-state index in [1.54, 1.807) is 6.20 Å². The Morgan fingerprint density at radius 2 is 2.38 bits per heavy atom. The first-order valence-corrected chi connectivity index (χ1v) is 4.38. The number of aromatic nitrogens is 5. The molecule has 2 rings (SSSR count). The van der Waals surface area contributed by atoms with E-state index in [2.05, 4.69) is 20.3 Å². The van der Waals surface area contributed by atoms with E-state index in [1.807, 2.05) is 17.8 Å². The van der Waals surface area contributed by atoms with Crippen molar-refractivity contribution in [3.8, 4) is 11.4 Å². The third-order valence-electron chi connectivity index (χ3n) is 1.73. The molecular formula is C7H9N5S. The van der Waals surface area contributed by atoms with Crippen molar-refractivity contribution in [3.05, 3.63) is 17.2 Å². The molecule has 0 radical (unpaired) electrons. The molecular weight excluding hydrogens is 186 g/mol. The van der Waals surface area contributed by atoms with E-state index < -0.39 is 0 Å². The van der Waals surface area contributed by atoms with Crippen molar-refractivity contribution in [1.82, 2.24) is 25.0 Å². The van der Waals surface area contributed by atoms with Crippen molar-refractivity contribution >= 4 is 12.2 Å². The zero-order valence-electron chi connectivity index (χ0n) is 7.11. The van der Waals surface area contributed by atoms with Gasteiger partial charge in [0.15, 0.2) is 5.82 Å². The summed E-state index contributed by atoms with van der Waals surface area (Å²) in [5.41, 5.74) is 0.939. The molecule has 2 N–H and O–H groups in total. The molecule has 0 atom stereocenters. The zero-order valence-corrected chi connectivity index (χ0v) is 7.93. The number of hydrogen-bond donors (Lipinski definition) is 2. The molecule has 2 heterocycles. The largest absolute Gasteiger partial charge is 0.282 e. The number of hydrogen-bond acceptors (Lipinski definition) is 3. The van der Waals surface area contributed by atoms with Crippen LogP contribution in [0.1, 0.15) is 6.92 Å². The summed E-state index contributed by atoms with van der Waals surface area (Å²) in [6.45, 7) is 2.88. The highest BCUT2D eigenvalue weighted by Crippen LogP contribution is 2.11. The Morgan fingerprint density at radius 1 is 1.54 bits per heavy atom. The molecule has 0 saturated heterocycles. The van der Waals surface area contributed by atoms with Gasteiger partial charge in [-0.3, -0.25) is 14.9 Å². The molecule has 13 heavy (non-hydrogen) atoms. The van der Waals surface area contributed by atoms with Crippen LogP contribution < -0.4 is 0 Å². The van der Waals surface area contributed by atoms with Crippen LogP contribution in [0.4, 0.5) is 0 Å². The molecule has 0 fully saturated rings. The van der Waals surface area contributed by atoms with E-state index in [4.69, 9.17) is 12.2 Å². The summed E-state index contributed by atoms with van der Waals surface area (Å²) in [6, 6.07) is 0. The predicted octanol–water partition coefficient (Wildman–Crippen LogP) is 1.35. The first-order chi connectivity index (χ1) is 6.29. The normalized spacial score (nSPS) is 10.5. The van der Waals surface area contributed by atoms with Gasteiger partial charge in [-0.2, -0.15) is 10.1 Å². The standard InChI is InChI=1S/C7H9N5S/c1-2-12-4-5(3-8-12)6-9-7(13)11-10-6/h3-4H,2H2,1H3,(H2,9,10,11,13). The number of H-pyrrole nitrogens is 2. The predicted molar refractivity (Wildman–Crippen MR) is 50.7 cm³/mol. The van der Waals surface area contributed by atoms with Crippen LogP contribution in [-0.2, 0) is 6.54 Å². The Balaban J connectivity index is 2.40. The monoisotopic (exact) mass is 195 g/mol. The fourth-order valence-electron chi connectivity index (χ4n) is 1.07. The maximum Gasteiger partial charge on any atom is 0.213 e. The Bertz CT molecular complexity index is 451. The van der Waals surface area contributed by atoms with Crippen molar-refractivity contribution in [2.24, 2.45) is 0 Å². The van der Waals surface area contributed by atoms with Gasteiger partial charge in [0, 0.05) is 12.7 Å². The SMILES string of the molecule is CCn1cc(-c2nc(=S)[nH][nH]2)cn1. The van der Waals surface area contributed by atoms with Gasteiger partial charge < -0.3 is 0 Å². The zero-order chi connectivity index (χ0) is 9.26. The van der Waals surface area contributed by atoms with Crippen LogP contribution in [0, 0.1) is 4.77 Å². The second-order valence-corrected chi connectivity index (χ2v) is 2.99. The second-order valence-electron chi connectivity index (χ2n) is 2.60. The summed E-state index contributed by atoms with van der Waals surface area (Å²) < 4.78 is 2.29. The third kappa shape index (κ3) is 1.52. The minimum absolute atomic E-state index is 0.458.